The first-order valence-corrected chi connectivity index (χ1v) is 15.9. The molecule has 0 aromatic heterocycles. The number of anilines is 1. The van der Waals surface area contributed by atoms with Gasteiger partial charge in [0.1, 0.15) is 24.2 Å². The molecular formula is C32H37F2N3O6S. The number of carbonyl (C=O) groups excluding carboxylic acids is 2. The summed E-state index contributed by atoms with van der Waals surface area (Å²) in [7, 11) is -1.64. The molecule has 1 atom stereocenters. The number of amides is 2. The van der Waals surface area contributed by atoms with E-state index in [1.165, 1.54) is 73.7 Å². The van der Waals surface area contributed by atoms with Crippen LogP contribution in [0.1, 0.15) is 44.6 Å². The van der Waals surface area contributed by atoms with Gasteiger partial charge in [-0.15, -0.1) is 0 Å². The predicted molar refractivity (Wildman–Crippen MR) is 162 cm³/mol. The fourth-order valence-electron chi connectivity index (χ4n) is 5.31. The van der Waals surface area contributed by atoms with E-state index >= 15 is 0 Å². The Hall–Kier alpha value is -4.19. The molecule has 0 unspecified atom stereocenters. The number of nitrogens with zero attached hydrogens (tertiary/aromatic N) is 2. The molecule has 0 spiro atoms. The third kappa shape index (κ3) is 7.65. The zero-order chi connectivity index (χ0) is 31.9. The number of sulfonamides is 1. The molecule has 1 fully saturated rings. The summed E-state index contributed by atoms with van der Waals surface area (Å²) in [5.74, 6) is -1.59. The van der Waals surface area contributed by atoms with E-state index in [4.69, 9.17) is 9.47 Å². The summed E-state index contributed by atoms with van der Waals surface area (Å²) in [6.07, 6.45) is 3.94. The molecular weight excluding hydrogens is 592 g/mol. The maximum absolute atomic E-state index is 14.2. The molecule has 4 rings (SSSR count). The van der Waals surface area contributed by atoms with Crippen molar-refractivity contribution < 1.29 is 36.3 Å². The second-order valence-electron chi connectivity index (χ2n) is 10.6. The minimum absolute atomic E-state index is 0.000432. The molecule has 44 heavy (non-hydrogen) atoms. The number of ether oxygens (including phenoxy) is 2. The van der Waals surface area contributed by atoms with E-state index in [2.05, 4.69) is 5.32 Å². The van der Waals surface area contributed by atoms with Crippen LogP contribution >= 0.6 is 0 Å². The van der Waals surface area contributed by atoms with Gasteiger partial charge in [0, 0.05) is 18.7 Å². The number of halogens is 2. The van der Waals surface area contributed by atoms with E-state index in [0.717, 1.165) is 42.1 Å². The first kappa shape index (κ1) is 32.7. The summed E-state index contributed by atoms with van der Waals surface area (Å²) in [6.45, 7) is 1.00. The summed E-state index contributed by atoms with van der Waals surface area (Å²) in [4.78, 5) is 28.8. The van der Waals surface area contributed by atoms with Crippen molar-refractivity contribution in [2.45, 2.75) is 62.6 Å². The van der Waals surface area contributed by atoms with Gasteiger partial charge in [0.25, 0.3) is 10.0 Å². The van der Waals surface area contributed by atoms with Gasteiger partial charge in [-0.2, -0.15) is 0 Å². The first-order valence-electron chi connectivity index (χ1n) is 14.4. The Morgan fingerprint density at radius 1 is 0.909 bits per heavy atom. The monoisotopic (exact) mass is 629 g/mol. The molecule has 1 saturated carbocycles. The molecule has 9 nitrogen and oxygen atoms in total. The minimum atomic E-state index is -4.43. The van der Waals surface area contributed by atoms with Crippen LogP contribution in [0.3, 0.4) is 0 Å². The van der Waals surface area contributed by atoms with Crippen LogP contribution in [-0.4, -0.2) is 58.0 Å². The van der Waals surface area contributed by atoms with Crippen molar-refractivity contribution in [3.05, 3.63) is 83.9 Å². The van der Waals surface area contributed by atoms with Crippen molar-refractivity contribution in [3.8, 4) is 11.5 Å². The Balaban J connectivity index is 1.73. The number of nitrogens with one attached hydrogen (secondary N) is 1. The highest BCUT2D eigenvalue weighted by atomic mass is 32.2. The van der Waals surface area contributed by atoms with E-state index < -0.39 is 40.2 Å². The molecule has 0 radical (unpaired) electrons. The molecule has 2 amide bonds. The number of hydrogen-bond donors (Lipinski definition) is 1. The van der Waals surface area contributed by atoms with Crippen molar-refractivity contribution in [1.82, 2.24) is 10.2 Å². The third-order valence-electron chi connectivity index (χ3n) is 7.69. The van der Waals surface area contributed by atoms with Gasteiger partial charge in [-0.25, -0.2) is 17.2 Å². The Morgan fingerprint density at radius 3 is 2.07 bits per heavy atom. The average molecular weight is 630 g/mol. The van der Waals surface area contributed by atoms with Crippen LogP contribution < -0.4 is 19.1 Å². The number of benzene rings is 3. The van der Waals surface area contributed by atoms with E-state index in [9.17, 15) is 26.8 Å². The predicted octanol–water partition coefficient (Wildman–Crippen LogP) is 5.04. The van der Waals surface area contributed by atoms with Gasteiger partial charge in [0.05, 0.1) is 24.8 Å². The van der Waals surface area contributed by atoms with Gasteiger partial charge in [-0.1, -0.05) is 31.9 Å². The van der Waals surface area contributed by atoms with Crippen LogP contribution in [0.2, 0.25) is 0 Å². The van der Waals surface area contributed by atoms with Crippen molar-refractivity contribution in [1.29, 1.82) is 0 Å². The molecule has 1 N–H and O–H groups in total. The van der Waals surface area contributed by atoms with E-state index in [1.54, 1.807) is 6.92 Å². The lowest BCUT2D eigenvalue weighted by Crippen LogP contribution is -2.53. The SMILES string of the molecule is CC[C@H](C(=O)NC1CCCC1)N(Cc1ccc(F)cc1)C(=O)CN(c1ccc(F)cc1)S(=O)(=O)c1ccc(OC)c(OC)c1. The molecule has 0 bridgehead atoms. The Labute approximate surface area is 256 Å². The quantitative estimate of drug-likeness (QED) is 0.284. The highest BCUT2D eigenvalue weighted by Gasteiger charge is 2.35. The second kappa shape index (κ2) is 14.5. The van der Waals surface area contributed by atoms with Gasteiger partial charge >= 0.3 is 0 Å². The third-order valence-corrected chi connectivity index (χ3v) is 9.46. The van der Waals surface area contributed by atoms with Crippen LogP contribution in [0.15, 0.2) is 71.6 Å². The lowest BCUT2D eigenvalue weighted by molar-refractivity contribution is -0.140. The molecule has 1 aliphatic rings. The standard InChI is InChI=1S/C32H37F2N3O6S/c1-4-28(32(39)35-25-7-5-6-8-25)36(20-22-9-11-23(33)12-10-22)31(38)21-37(26-15-13-24(34)14-16-26)44(40,41)27-17-18-29(42-2)30(19-27)43-3/h9-19,25,28H,4-8,20-21H2,1-3H3,(H,35,39)/t28-/m1/s1. The lowest BCUT2D eigenvalue weighted by atomic mass is 10.1. The van der Waals surface area contributed by atoms with Crippen molar-refractivity contribution in [3.63, 3.8) is 0 Å². The van der Waals surface area contributed by atoms with Crippen molar-refractivity contribution in [2.75, 3.05) is 25.1 Å². The van der Waals surface area contributed by atoms with Gasteiger partial charge in [0.15, 0.2) is 11.5 Å². The molecule has 3 aromatic rings. The van der Waals surface area contributed by atoms with Crippen LogP contribution in [0.4, 0.5) is 14.5 Å². The molecule has 0 saturated heterocycles. The lowest BCUT2D eigenvalue weighted by Gasteiger charge is -2.33. The first-order chi connectivity index (χ1) is 21.1. The molecule has 3 aromatic carbocycles. The fraction of sp³-hybridized carbons (Fsp3) is 0.375. The maximum Gasteiger partial charge on any atom is 0.264 e. The molecule has 236 valence electrons. The van der Waals surface area contributed by atoms with Crippen LogP contribution in [0.25, 0.3) is 0 Å². The largest absolute Gasteiger partial charge is 0.493 e. The summed E-state index contributed by atoms with van der Waals surface area (Å²) in [5, 5.41) is 3.04. The second-order valence-corrected chi connectivity index (χ2v) is 12.4. The zero-order valence-corrected chi connectivity index (χ0v) is 25.8. The zero-order valence-electron chi connectivity index (χ0n) is 25.0. The molecule has 1 aliphatic carbocycles. The Kier molecular flexibility index (Phi) is 10.8. The van der Waals surface area contributed by atoms with Gasteiger partial charge in [-0.3, -0.25) is 13.9 Å². The fourth-order valence-corrected chi connectivity index (χ4v) is 6.74. The molecule has 12 heteroatoms. The minimum Gasteiger partial charge on any atom is -0.493 e. The summed E-state index contributed by atoms with van der Waals surface area (Å²) in [6, 6.07) is 13.3. The topological polar surface area (TPSA) is 105 Å². The number of rotatable bonds is 13. The normalized spacial score (nSPS) is 14.1. The highest BCUT2D eigenvalue weighted by Crippen LogP contribution is 2.32. The summed E-state index contributed by atoms with van der Waals surface area (Å²) >= 11 is 0. The molecule has 0 aliphatic heterocycles. The smallest absolute Gasteiger partial charge is 0.264 e. The summed E-state index contributed by atoms with van der Waals surface area (Å²) in [5.41, 5.74) is 0.600. The van der Waals surface area contributed by atoms with Crippen LogP contribution in [-0.2, 0) is 26.2 Å². The number of methoxy groups -OCH3 is 2. The van der Waals surface area contributed by atoms with Crippen molar-refractivity contribution in [2.24, 2.45) is 0 Å². The summed E-state index contributed by atoms with van der Waals surface area (Å²) < 4.78 is 67.1. The van der Waals surface area contributed by atoms with E-state index in [-0.39, 0.29) is 41.2 Å². The Bertz CT molecular complexity index is 1550. The van der Waals surface area contributed by atoms with Gasteiger partial charge in [-0.05, 0) is 73.4 Å². The highest BCUT2D eigenvalue weighted by molar-refractivity contribution is 7.92. The number of carbonyl (C=O) groups is 2. The van der Waals surface area contributed by atoms with E-state index in [1.807, 2.05) is 0 Å². The number of hydrogen-bond acceptors (Lipinski definition) is 6. The van der Waals surface area contributed by atoms with E-state index in [0.29, 0.717) is 11.3 Å². The maximum atomic E-state index is 14.2. The Morgan fingerprint density at radius 2 is 1.50 bits per heavy atom. The van der Waals surface area contributed by atoms with Crippen LogP contribution in [0, 0.1) is 11.6 Å². The average Bonchev–Trinajstić information content (AvgIpc) is 3.53. The van der Waals surface area contributed by atoms with Gasteiger partial charge in [0.2, 0.25) is 11.8 Å². The molecule has 0 heterocycles. The van der Waals surface area contributed by atoms with Gasteiger partial charge < -0.3 is 19.7 Å². The van der Waals surface area contributed by atoms with Crippen LogP contribution in [0.5, 0.6) is 11.5 Å². The van der Waals surface area contributed by atoms with Crippen molar-refractivity contribution >= 4 is 27.5 Å².